The highest BCUT2D eigenvalue weighted by molar-refractivity contribution is 5.96. The Balaban J connectivity index is 2.62. The van der Waals surface area contributed by atoms with Gasteiger partial charge >= 0.3 is 0 Å². The van der Waals surface area contributed by atoms with E-state index in [4.69, 9.17) is 0 Å². The lowest BCUT2D eigenvalue weighted by Gasteiger charge is -2.32. The molecule has 0 N–H and O–H groups in total. The van der Waals surface area contributed by atoms with Crippen LogP contribution in [-0.2, 0) is 4.79 Å². The molecule has 0 fully saturated rings. The lowest BCUT2D eigenvalue weighted by Crippen LogP contribution is -2.19. The summed E-state index contributed by atoms with van der Waals surface area (Å²) in [6.45, 7) is 21.3. The van der Waals surface area contributed by atoms with Crippen molar-refractivity contribution in [2.45, 2.75) is 94.9 Å². The fraction of sp³-hybridized carbons (Fsp3) is 0.375. The van der Waals surface area contributed by atoms with Crippen molar-refractivity contribution >= 4 is 5.78 Å². The Morgan fingerprint density at radius 2 is 1.15 bits per heavy atom. The largest absolute Gasteiger partial charge is 0.294 e. The minimum atomic E-state index is 0.161. The maximum absolute atomic E-state index is 12.1. The van der Waals surface area contributed by atoms with Crippen molar-refractivity contribution in [1.82, 2.24) is 0 Å². The maximum atomic E-state index is 12.1. The first-order valence-corrected chi connectivity index (χ1v) is 14.9. The molecule has 0 unspecified atom stereocenters. The number of hydrogen-bond acceptors (Lipinski definition) is 1. The van der Waals surface area contributed by atoms with Crippen molar-refractivity contribution in [2.24, 2.45) is 5.41 Å². The number of carbonyl (C=O) groups excluding carboxylic acids is 1. The molecule has 1 heteroatoms. The van der Waals surface area contributed by atoms with Crippen LogP contribution in [-0.4, -0.2) is 5.78 Å². The third-order valence-electron chi connectivity index (χ3n) is 7.16. The van der Waals surface area contributed by atoms with Crippen molar-refractivity contribution in [1.29, 1.82) is 0 Å². The van der Waals surface area contributed by atoms with Crippen LogP contribution in [0.4, 0.5) is 0 Å². The molecular weight excluding hydrogens is 496 g/mol. The summed E-state index contributed by atoms with van der Waals surface area (Å²) in [5.74, 6) is 0.161. The molecule has 1 aliphatic carbocycles. The van der Waals surface area contributed by atoms with Crippen molar-refractivity contribution in [3.05, 3.63) is 142 Å². The second-order valence-corrected chi connectivity index (χ2v) is 12.1. The number of hydrogen-bond donors (Lipinski definition) is 0. The van der Waals surface area contributed by atoms with Gasteiger partial charge in [0, 0.05) is 6.42 Å². The molecule has 0 saturated carbocycles. The monoisotopic (exact) mass is 550 g/mol. The average Bonchev–Trinajstić information content (AvgIpc) is 2.89. The third kappa shape index (κ3) is 15.8. The van der Waals surface area contributed by atoms with Gasteiger partial charge in [-0.2, -0.15) is 0 Å². The van der Waals surface area contributed by atoms with E-state index < -0.39 is 0 Å². The van der Waals surface area contributed by atoms with E-state index >= 15 is 0 Å². The Labute approximate surface area is 252 Å². The maximum Gasteiger partial charge on any atom is 0.162 e. The summed E-state index contributed by atoms with van der Waals surface area (Å²) in [4.78, 5) is 12.1. The molecule has 0 bridgehead atoms. The van der Waals surface area contributed by atoms with E-state index in [1.165, 1.54) is 52.7 Å². The van der Waals surface area contributed by atoms with Gasteiger partial charge in [-0.1, -0.05) is 145 Å². The van der Waals surface area contributed by atoms with Gasteiger partial charge in [-0.15, -0.1) is 0 Å². The van der Waals surface area contributed by atoms with E-state index in [0.29, 0.717) is 6.42 Å². The van der Waals surface area contributed by atoms with E-state index in [0.717, 1.165) is 11.1 Å². The van der Waals surface area contributed by atoms with Gasteiger partial charge in [-0.25, -0.2) is 0 Å². The van der Waals surface area contributed by atoms with Gasteiger partial charge < -0.3 is 0 Å². The zero-order valence-corrected chi connectivity index (χ0v) is 27.5. The Kier molecular flexibility index (Phi) is 16.3. The first-order chi connectivity index (χ1) is 19.3. The SMILES string of the molecule is CC(C)=CCC(=O)/C(C)=C/C=C/C(C)=C/C=C/C(C)=C/C=C/C=C(C)/C=C/C=C(C)/C=C/C1=C(C)CCCC1(C)C. The molecule has 0 aliphatic heterocycles. The summed E-state index contributed by atoms with van der Waals surface area (Å²) >= 11 is 0. The van der Waals surface area contributed by atoms with Gasteiger partial charge in [0.25, 0.3) is 0 Å². The molecule has 0 saturated heterocycles. The van der Waals surface area contributed by atoms with Crippen molar-refractivity contribution in [3.63, 3.8) is 0 Å². The van der Waals surface area contributed by atoms with Crippen molar-refractivity contribution in [3.8, 4) is 0 Å². The Hall–Kier alpha value is -3.45. The van der Waals surface area contributed by atoms with Gasteiger partial charge in [0.15, 0.2) is 5.78 Å². The van der Waals surface area contributed by atoms with Crippen LogP contribution < -0.4 is 0 Å². The molecule has 0 spiro atoms. The molecule has 0 aromatic rings. The Morgan fingerprint density at radius 3 is 1.63 bits per heavy atom. The quantitative estimate of drug-likeness (QED) is 0.127. The van der Waals surface area contributed by atoms with Crippen LogP contribution in [0.25, 0.3) is 0 Å². The fourth-order valence-corrected chi connectivity index (χ4v) is 4.46. The molecule has 0 aromatic heterocycles. The minimum absolute atomic E-state index is 0.161. The zero-order chi connectivity index (χ0) is 30.8. The highest BCUT2D eigenvalue weighted by Crippen LogP contribution is 2.40. The summed E-state index contributed by atoms with van der Waals surface area (Å²) in [5.41, 5.74) is 10.0. The van der Waals surface area contributed by atoms with Crippen LogP contribution in [0.3, 0.4) is 0 Å². The van der Waals surface area contributed by atoms with Gasteiger partial charge in [0.05, 0.1) is 0 Å². The van der Waals surface area contributed by atoms with Crippen LogP contribution in [0.2, 0.25) is 0 Å². The summed E-state index contributed by atoms with van der Waals surface area (Å²) < 4.78 is 0. The average molecular weight is 551 g/mol. The molecule has 0 radical (unpaired) electrons. The molecule has 1 rings (SSSR count). The number of rotatable bonds is 13. The topological polar surface area (TPSA) is 17.1 Å². The molecule has 0 atom stereocenters. The highest BCUT2D eigenvalue weighted by Gasteiger charge is 2.26. The van der Waals surface area contributed by atoms with Crippen LogP contribution in [0.1, 0.15) is 94.9 Å². The van der Waals surface area contributed by atoms with Gasteiger partial charge in [0.1, 0.15) is 0 Å². The highest BCUT2D eigenvalue weighted by atomic mass is 16.1. The summed E-state index contributed by atoms with van der Waals surface area (Å²) in [6.07, 6.45) is 37.7. The number of Topliss-reactive ketones (excluding diaryl/α,β-unsaturated/α-hetero) is 1. The lowest BCUT2D eigenvalue weighted by atomic mass is 9.72. The number of ketones is 1. The molecule has 0 amide bonds. The van der Waals surface area contributed by atoms with E-state index in [-0.39, 0.29) is 11.2 Å². The number of allylic oxidation sites excluding steroid dienone is 24. The Bertz CT molecular complexity index is 1260. The predicted octanol–water partition coefficient (Wildman–Crippen LogP) is 12.0. The van der Waals surface area contributed by atoms with Crippen LogP contribution in [0.5, 0.6) is 0 Å². The summed E-state index contributed by atoms with van der Waals surface area (Å²) in [5, 5.41) is 0. The molecule has 1 aliphatic rings. The minimum Gasteiger partial charge on any atom is -0.294 e. The predicted molar refractivity (Wildman–Crippen MR) is 184 cm³/mol. The fourth-order valence-electron chi connectivity index (χ4n) is 4.46. The third-order valence-corrected chi connectivity index (χ3v) is 7.16. The first kappa shape index (κ1) is 35.6. The van der Waals surface area contributed by atoms with Gasteiger partial charge in [-0.05, 0) is 91.2 Å². The zero-order valence-electron chi connectivity index (χ0n) is 27.5. The molecule has 0 heterocycles. The molecular formula is C40H54O. The van der Waals surface area contributed by atoms with E-state index in [9.17, 15) is 4.79 Å². The van der Waals surface area contributed by atoms with E-state index in [1.54, 1.807) is 0 Å². The Morgan fingerprint density at radius 1 is 0.683 bits per heavy atom. The molecule has 1 nitrogen and oxygen atoms in total. The second kappa shape index (κ2) is 18.8. The standard InChI is InChI=1S/C40H54O/c1-31(2)26-29-39(41)37(8)24-15-23-34(5)21-13-19-32(3)17-11-12-18-33(4)20-14-22-35(6)27-28-38-36(7)25-16-30-40(38,9)10/h11-15,17-24,26-28H,16,25,29-30H2,1-10H3/b12-11+,19-13+,20-14+,23-15+,28-27+,32-17+,33-18+,34-21+,35-22+,37-24+. The molecule has 41 heavy (non-hydrogen) atoms. The van der Waals surface area contributed by atoms with Crippen molar-refractivity contribution in [2.75, 3.05) is 0 Å². The van der Waals surface area contributed by atoms with Gasteiger partial charge in [-0.3, -0.25) is 4.79 Å². The van der Waals surface area contributed by atoms with Gasteiger partial charge in [0.2, 0.25) is 0 Å². The van der Waals surface area contributed by atoms with Crippen LogP contribution >= 0.6 is 0 Å². The smallest absolute Gasteiger partial charge is 0.162 e. The van der Waals surface area contributed by atoms with E-state index in [1.807, 2.05) is 45.1 Å². The van der Waals surface area contributed by atoms with Crippen LogP contribution in [0.15, 0.2) is 142 Å². The van der Waals surface area contributed by atoms with E-state index in [2.05, 4.69) is 121 Å². The van der Waals surface area contributed by atoms with Crippen molar-refractivity contribution < 1.29 is 4.79 Å². The molecule has 220 valence electrons. The summed E-state index contributed by atoms with van der Waals surface area (Å²) in [7, 11) is 0. The first-order valence-electron chi connectivity index (χ1n) is 14.9. The lowest BCUT2D eigenvalue weighted by molar-refractivity contribution is -0.114. The van der Waals surface area contributed by atoms with Crippen LogP contribution in [0, 0.1) is 5.41 Å². The normalized spacial score (nSPS) is 18.2. The number of carbonyl (C=O) groups is 1. The summed E-state index contributed by atoms with van der Waals surface area (Å²) in [6, 6.07) is 0. The molecule has 0 aromatic carbocycles. The second-order valence-electron chi connectivity index (χ2n) is 12.1.